The van der Waals surface area contributed by atoms with E-state index in [4.69, 9.17) is 17.0 Å². The number of methoxy groups -OCH3 is 1. The van der Waals surface area contributed by atoms with Crippen molar-refractivity contribution in [1.82, 2.24) is 4.90 Å². The Morgan fingerprint density at radius 2 is 2.35 bits per heavy atom. The van der Waals surface area contributed by atoms with Crippen LogP contribution in [0.3, 0.4) is 0 Å². The van der Waals surface area contributed by atoms with Gasteiger partial charge in [-0.15, -0.1) is 11.8 Å². The summed E-state index contributed by atoms with van der Waals surface area (Å²) in [7, 11) is 1.42. The van der Waals surface area contributed by atoms with Gasteiger partial charge in [0, 0.05) is 24.5 Å². The van der Waals surface area contributed by atoms with Crippen LogP contribution >= 0.6 is 24.0 Å². The molecule has 1 aliphatic heterocycles. The Morgan fingerprint density at radius 3 is 3.05 bits per heavy atom. The molecule has 2 rings (SSSR count). The van der Waals surface area contributed by atoms with Crippen LogP contribution < -0.4 is 5.32 Å². The van der Waals surface area contributed by atoms with Gasteiger partial charge in [0.15, 0.2) is 5.11 Å². The first-order chi connectivity index (χ1) is 9.60. The predicted molar refractivity (Wildman–Crippen MR) is 87.2 cm³/mol. The highest BCUT2D eigenvalue weighted by Crippen LogP contribution is 2.21. The van der Waals surface area contributed by atoms with Gasteiger partial charge in [0.25, 0.3) is 0 Å². The third-order valence-corrected chi connectivity index (χ3v) is 4.61. The predicted octanol–water partition coefficient (Wildman–Crippen LogP) is 2.28. The van der Waals surface area contributed by atoms with Crippen molar-refractivity contribution in [3.05, 3.63) is 29.8 Å². The van der Waals surface area contributed by atoms with Gasteiger partial charge in [-0.3, -0.25) is 4.79 Å². The number of carbonyl (C=O) groups excluding carboxylic acids is 1. The first kappa shape index (κ1) is 15.1. The molecule has 0 bridgehead atoms. The van der Waals surface area contributed by atoms with Crippen molar-refractivity contribution in [3.63, 3.8) is 0 Å². The molecule has 0 unspecified atom stereocenters. The van der Waals surface area contributed by atoms with Crippen molar-refractivity contribution in [2.45, 2.75) is 12.2 Å². The van der Waals surface area contributed by atoms with Crippen LogP contribution in [0.25, 0.3) is 0 Å². The van der Waals surface area contributed by atoms with E-state index in [1.54, 1.807) is 11.8 Å². The lowest BCUT2D eigenvalue weighted by Gasteiger charge is -2.33. The number of esters is 1. The average Bonchev–Trinajstić information content (AvgIpc) is 2.46. The van der Waals surface area contributed by atoms with E-state index in [1.165, 1.54) is 12.7 Å². The molecule has 1 aliphatic rings. The van der Waals surface area contributed by atoms with E-state index >= 15 is 0 Å². The molecule has 4 nitrogen and oxygen atoms in total. The first-order valence-electron chi connectivity index (χ1n) is 6.42. The first-order valence-corrected chi connectivity index (χ1v) is 7.88. The maximum absolute atomic E-state index is 11.6. The second kappa shape index (κ2) is 6.95. The molecule has 0 saturated carbocycles. The molecule has 0 spiro atoms. The molecule has 0 amide bonds. The van der Waals surface area contributed by atoms with E-state index < -0.39 is 0 Å². The maximum atomic E-state index is 11.6. The lowest BCUT2D eigenvalue weighted by Crippen LogP contribution is -2.46. The zero-order chi connectivity index (χ0) is 14.5. The fourth-order valence-electron chi connectivity index (χ4n) is 2.03. The van der Waals surface area contributed by atoms with Crippen LogP contribution in [0.4, 0.5) is 5.69 Å². The van der Waals surface area contributed by atoms with Gasteiger partial charge in [0.2, 0.25) is 0 Å². The Morgan fingerprint density at radius 1 is 1.55 bits per heavy atom. The third-order valence-electron chi connectivity index (χ3n) is 3.09. The van der Waals surface area contributed by atoms with Crippen molar-refractivity contribution >= 4 is 40.7 Å². The Labute approximate surface area is 128 Å². The number of thiocarbonyl (C=S) groups is 1. The molecule has 1 heterocycles. The highest BCUT2D eigenvalue weighted by atomic mass is 32.2. The second-order valence-electron chi connectivity index (χ2n) is 4.63. The van der Waals surface area contributed by atoms with Crippen molar-refractivity contribution in [2.75, 3.05) is 31.3 Å². The molecule has 1 aromatic carbocycles. The summed E-state index contributed by atoms with van der Waals surface area (Å²) in [5.74, 6) is 0.688. The van der Waals surface area contributed by atoms with Crippen molar-refractivity contribution < 1.29 is 9.53 Å². The number of nitrogens with one attached hydrogen (secondary N) is 1. The molecule has 1 N–H and O–H groups in total. The number of hydrogen-bond acceptors (Lipinski definition) is 4. The molecule has 0 aliphatic carbocycles. The SMILES string of the molecule is COC(=O)[C@H]1CN(C(=S)Nc2cccc(C)c2)CCS1. The van der Waals surface area contributed by atoms with Crippen molar-refractivity contribution in [1.29, 1.82) is 0 Å². The molecule has 0 radical (unpaired) electrons. The Bertz CT molecular complexity index is 508. The molecule has 108 valence electrons. The monoisotopic (exact) mass is 310 g/mol. The summed E-state index contributed by atoms with van der Waals surface area (Å²) in [4.78, 5) is 13.6. The number of hydrogen-bond donors (Lipinski definition) is 1. The quantitative estimate of drug-likeness (QED) is 0.668. The van der Waals surface area contributed by atoms with Gasteiger partial charge in [0.1, 0.15) is 5.25 Å². The van der Waals surface area contributed by atoms with Gasteiger partial charge >= 0.3 is 5.97 Å². The normalized spacial score (nSPS) is 18.5. The van der Waals surface area contributed by atoms with E-state index in [0.717, 1.165) is 18.0 Å². The number of rotatable bonds is 2. The smallest absolute Gasteiger partial charge is 0.320 e. The number of thioether (sulfide) groups is 1. The van der Waals surface area contributed by atoms with Gasteiger partial charge in [-0.05, 0) is 36.8 Å². The highest BCUT2D eigenvalue weighted by molar-refractivity contribution is 8.00. The Balaban J connectivity index is 1.97. The largest absolute Gasteiger partial charge is 0.468 e. The van der Waals surface area contributed by atoms with E-state index in [0.29, 0.717) is 11.7 Å². The molecule has 20 heavy (non-hydrogen) atoms. The lowest BCUT2D eigenvalue weighted by molar-refractivity contribution is -0.140. The van der Waals surface area contributed by atoms with Gasteiger partial charge in [-0.2, -0.15) is 0 Å². The van der Waals surface area contributed by atoms with E-state index in [9.17, 15) is 4.79 Å². The van der Waals surface area contributed by atoms with E-state index in [-0.39, 0.29) is 11.2 Å². The molecule has 0 aromatic heterocycles. The second-order valence-corrected chi connectivity index (χ2v) is 6.33. The lowest BCUT2D eigenvalue weighted by atomic mass is 10.2. The Hall–Kier alpha value is -1.27. The van der Waals surface area contributed by atoms with Crippen LogP contribution in [-0.2, 0) is 9.53 Å². The van der Waals surface area contributed by atoms with Crippen LogP contribution in [-0.4, -0.2) is 47.2 Å². The minimum absolute atomic E-state index is 0.161. The van der Waals surface area contributed by atoms with Gasteiger partial charge in [-0.25, -0.2) is 0 Å². The fraction of sp³-hybridized carbons (Fsp3) is 0.429. The number of aryl methyl sites for hydroxylation is 1. The summed E-state index contributed by atoms with van der Waals surface area (Å²) in [5.41, 5.74) is 2.15. The third kappa shape index (κ3) is 3.86. The highest BCUT2D eigenvalue weighted by Gasteiger charge is 2.28. The number of ether oxygens (including phenoxy) is 1. The van der Waals surface area contributed by atoms with E-state index in [2.05, 4.69) is 5.32 Å². The number of benzene rings is 1. The van der Waals surface area contributed by atoms with Crippen LogP contribution in [0, 0.1) is 6.92 Å². The van der Waals surface area contributed by atoms with Crippen LogP contribution in [0.1, 0.15) is 5.56 Å². The number of nitrogens with zero attached hydrogens (tertiary/aromatic N) is 1. The van der Waals surface area contributed by atoms with Crippen LogP contribution in [0.2, 0.25) is 0 Å². The minimum atomic E-state index is -0.182. The van der Waals surface area contributed by atoms with Crippen molar-refractivity contribution in [2.24, 2.45) is 0 Å². The molecular weight excluding hydrogens is 292 g/mol. The summed E-state index contributed by atoms with van der Waals surface area (Å²) >= 11 is 7.05. The molecule has 1 atom stereocenters. The van der Waals surface area contributed by atoms with Gasteiger partial charge in [-0.1, -0.05) is 12.1 Å². The molecule has 1 saturated heterocycles. The summed E-state index contributed by atoms with van der Waals surface area (Å²) in [6.45, 7) is 3.48. The van der Waals surface area contributed by atoms with E-state index in [1.807, 2.05) is 36.1 Å². The van der Waals surface area contributed by atoms with Crippen LogP contribution in [0.5, 0.6) is 0 Å². The molecule has 1 fully saturated rings. The minimum Gasteiger partial charge on any atom is -0.468 e. The number of carbonyl (C=O) groups is 1. The zero-order valence-corrected chi connectivity index (χ0v) is 13.2. The summed E-state index contributed by atoms with van der Waals surface area (Å²) in [5, 5.41) is 3.72. The van der Waals surface area contributed by atoms with Gasteiger partial charge in [0.05, 0.1) is 7.11 Å². The fourth-order valence-corrected chi connectivity index (χ4v) is 3.44. The molecular formula is C14H18N2O2S2. The average molecular weight is 310 g/mol. The van der Waals surface area contributed by atoms with Gasteiger partial charge < -0.3 is 15.0 Å². The van der Waals surface area contributed by atoms with Crippen LogP contribution in [0.15, 0.2) is 24.3 Å². The topological polar surface area (TPSA) is 41.6 Å². The van der Waals surface area contributed by atoms with Crippen molar-refractivity contribution in [3.8, 4) is 0 Å². The molecule has 1 aromatic rings. The summed E-state index contributed by atoms with van der Waals surface area (Å²) in [6.07, 6.45) is 0. The standard InChI is InChI=1S/C14H18N2O2S2/c1-10-4-3-5-11(8-10)15-14(19)16-6-7-20-12(9-16)13(17)18-2/h3-5,8,12H,6-7,9H2,1-2H3,(H,15,19)/t12-/m1/s1. The molecule has 6 heteroatoms. The summed E-state index contributed by atoms with van der Waals surface area (Å²) in [6, 6.07) is 8.06. The summed E-state index contributed by atoms with van der Waals surface area (Å²) < 4.78 is 4.80. The maximum Gasteiger partial charge on any atom is 0.320 e. The Kier molecular flexibility index (Phi) is 5.25. The number of anilines is 1. The zero-order valence-electron chi connectivity index (χ0n) is 11.6.